The van der Waals surface area contributed by atoms with Crippen molar-refractivity contribution in [2.75, 3.05) is 0 Å². The molecule has 0 saturated carbocycles. The normalized spacial score (nSPS) is 11.6. The maximum absolute atomic E-state index is 15.1. The Morgan fingerprint density at radius 2 is 1.43 bits per heavy atom. The van der Waals surface area contributed by atoms with Crippen LogP contribution in [0.15, 0.2) is 72.9 Å². The van der Waals surface area contributed by atoms with E-state index in [4.69, 9.17) is 0 Å². The van der Waals surface area contributed by atoms with E-state index in [1.807, 2.05) is 31.3 Å². The minimum absolute atomic E-state index is 0.204. The Bertz CT molecular complexity index is 1320. The predicted octanol–water partition coefficient (Wildman–Crippen LogP) is 7.87. The standard InChI is InChI=1S/C30H27F4N/c1-2-3-4-5-21-8-14-25(35-19-21)13-7-20-9-15-26-24(16-20)12-11-23(29(26)33)10-6-22-17-27(31)30(34)28(32)18-22/h2-3,8-9,11-12,14-19H,4-7,10,13H2,1H3/b3-2+. The Labute approximate surface area is 203 Å². The van der Waals surface area contributed by atoms with Crippen LogP contribution in [0.2, 0.25) is 0 Å². The lowest BCUT2D eigenvalue weighted by atomic mass is 9.97. The van der Waals surface area contributed by atoms with E-state index < -0.39 is 17.5 Å². The first kappa shape index (κ1) is 24.6. The second-order valence-corrected chi connectivity index (χ2v) is 8.73. The van der Waals surface area contributed by atoms with Crippen molar-refractivity contribution in [1.29, 1.82) is 0 Å². The number of hydrogen-bond donors (Lipinski definition) is 0. The first-order chi connectivity index (χ1) is 16.9. The van der Waals surface area contributed by atoms with Crippen LogP contribution >= 0.6 is 0 Å². The Balaban J connectivity index is 1.40. The Morgan fingerprint density at radius 1 is 0.686 bits per heavy atom. The van der Waals surface area contributed by atoms with E-state index in [1.165, 1.54) is 5.56 Å². The van der Waals surface area contributed by atoms with E-state index in [9.17, 15) is 13.2 Å². The Morgan fingerprint density at radius 3 is 2.14 bits per heavy atom. The number of allylic oxidation sites excluding steroid dienone is 2. The van der Waals surface area contributed by atoms with Gasteiger partial charge in [-0.25, -0.2) is 17.6 Å². The van der Waals surface area contributed by atoms with Gasteiger partial charge in [0.25, 0.3) is 0 Å². The van der Waals surface area contributed by atoms with Crippen molar-refractivity contribution in [2.45, 2.75) is 45.4 Å². The van der Waals surface area contributed by atoms with Gasteiger partial charge in [0.2, 0.25) is 0 Å². The van der Waals surface area contributed by atoms with Gasteiger partial charge in [-0.1, -0.05) is 48.6 Å². The molecule has 0 aliphatic heterocycles. The Hall–Kier alpha value is -3.47. The summed E-state index contributed by atoms with van der Waals surface area (Å²) in [7, 11) is 0. The molecule has 0 saturated heterocycles. The summed E-state index contributed by atoms with van der Waals surface area (Å²) in [5, 5.41) is 1.31. The molecule has 4 rings (SSSR count). The monoisotopic (exact) mass is 477 g/mol. The molecule has 5 heteroatoms. The number of pyridine rings is 1. The van der Waals surface area contributed by atoms with Crippen molar-refractivity contribution in [3.63, 3.8) is 0 Å². The lowest BCUT2D eigenvalue weighted by Gasteiger charge is -2.09. The van der Waals surface area contributed by atoms with E-state index in [0.29, 0.717) is 10.9 Å². The summed E-state index contributed by atoms with van der Waals surface area (Å²) in [6.45, 7) is 2.02. The lowest BCUT2D eigenvalue weighted by molar-refractivity contribution is 0.445. The van der Waals surface area contributed by atoms with Crippen LogP contribution < -0.4 is 0 Å². The molecule has 0 bridgehead atoms. The van der Waals surface area contributed by atoms with Crippen molar-refractivity contribution in [3.8, 4) is 0 Å². The molecule has 0 aliphatic carbocycles. The van der Waals surface area contributed by atoms with Crippen LogP contribution in [0.3, 0.4) is 0 Å². The molecular formula is C30H27F4N. The van der Waals surface area contributed by atoms with Gasteiger partial charge in [-0.2, -0.15) is 0 Å². The fourth-order valence-electron chi connectivity index (χ4n) is 4.21. The first-order valence-corrected chi connectivity index (χ1v) is 11.8. The number of nitrogens with zero attached hydrogens (tertiary/aromatic N) is 1. The smallest absolute Gasteiger partial charge is 0.194 e. The molecule has 1 heterocycles. The minimum atomic E-state index is -1.49. The third-order valence-electron chi connectivity index (χ3n) is 6.22. The summed E-state index contributed by atoms with van der Waals surface area (Å²) in [5.41, 5.74) is 4.08. The van der Waals surface area contributed by atoms with Gasteiger partial charge in [-0.15, -0.1) is 0 Å². The number of fused-ring (bicyclic) bond motifs is 1. The molecule has 0 fully saturated rings. The topological polar surface area (TPSA) is 12.9 Å². The lowest BCUT2D eigenvalue weighted by Crippen LogP contribution is -2.00. The summed E-state index contributed by atoms with van der Waals surface area (Å²) in [5.74, 6) is -4.30. The quantitative estimate of drug-likeness (QED) is 0.136. The number of halogens is 4. The minimum Gasteiger partial charge on any atom is -0.261 e. The summed E-state index contributed by atoms with van der Waals surface area (Å²) < 4.78 is 55.1. The molecule has 0 aliphatic rings. The molecule has 0 unspecified atom stereocenters. The van der Waals surface area contributed by atoms with E-state index in [2.05, 4.69) is 29.3 Å². The molecular weight excluding hydrogens is 450 g/mol. The number of rotatable bonds is 9. The molecule has 180 valence electrons. The number of aryl methyl sites for hydroxylation is 5. The summed E-state index contributed by atoms with van der Waals surface area (Å²) in [6, 6.07) is 15.3. The maximum atomic E-state index is 15.1. The van der Waals surface area contributed by atoms with Crippen LogP contribution in [0.1, 0.15) is 41.3 Å². The van der Waals surface area contributed by atoms with Crippen LogP contribution in [0.5, 0.6) is 0 Å². The number of hydrogen-bond acceptors (Lipinski definition) is 1. The predicted molar refractivity (Wildman–Crippen MR) is 132 cm³/mol. The average molecular weight is 478 g/mol. The van der Waals surface area contributed by atoms with Crippen LogP contribution in [-0.2, 0) is 32.1 Å². The van der Waals surface area contributed by atoms with Gasteiger partial charge in [0.05, 0.1) is 0 Å². The van der Waals surface area contributed by atoms with Crippen molar-refractivity contribution < 1.29 is 17.6 Å². The maximum Gasteiger partial charge on any atom is 0.194 e. The zero-order valence-electron chi connectivity index (χ0n) is 19.6. The highest BCUT2D eigenvalue weighted by molar-refractivity contribution is 5.84. The summed E-state index contributed by atoms with van der Waals surface area (Å²) >= 11 is 0. The molecule has 0 atom stereocenters. The van der Waals surface area contributed by atoms with Crippen LogP contribution in [0.4, 0.5) is 17.6 Å². The second-order valence-electron chi connectivity index (χ2n) is 8.73. The molecule has 0 amide bonds. The Kier molecular flexibility index (Phi) is 7.96. The highest BCUT2D eigenvalue weighted by atomic mass is 19.2. The molecule has 1 aromatic heterocycles. The van der Waals surface area contributed by atoms with Crippen molar-refractivity contribution in [1.82, 2.24) is 4.98 Å². The molecule has 3 aromatic carbocycles. The van der Waals surface area contributed by atoms with Gasteiger partial charge in [0, 0.05) is 17.3 Å². The third-order valence-corrected chi connectivity index (χ3v) is 6.22. The number of aromatic nitrogens is 1. The highest BCUT2D eigenvalue weighted by Crippen LogP contribution is 2.25. The van der Waals surface area contributed by atoms with Gasteiger partial charge in [0.15, 0.2) is 17.5 Å². The third kappa shape index (κ3) is 6.16. The van der Waals surface area contributed by atoms with Crippen molar-refractivity contribution in [3.05, 3.63) is 124 Å². The van der Waals surface area contributed by atoms with Gasteiger partial charge in [0.1, 0.15) is 5.82 Å². The van der Waals surface area contributed by atoms with E-state index in [-0.39, 0.29) is 24.2 Å². The molecule has 1 nitrogen and oxygen atoms in total. The van der Waals surface area contributed by atoms with Gasteiger partial charge in [-0.05, 0) is 91.3 Å². The van der Waals surface area contributed by atoms with Crippen molar-refractivity contribution in [2.24, 2.45) is 0 Å². The van der Waals surface area contributed by atoms with Gasteiger partial charge in [-0.3, -0.25) is 4.98 Å². The molecule has 0 spiro atoms. The van der Waals surface area contributed by atoms with Crippen molar-refractivity contribution >= 4 is 10.8 Å². The SMILES string of the molecule is C/C=C/CCc1ccc(CCc2ccc3c(F)c(CCc4cc(F)c(F)c(F)c4)ccc3c2)nc1. The van der Waals surface area contributed by atoms with Crippen LogP contribution in [-0.4, -0.2) is 4.98 Å². The van der Waals surface area contributed by atoms with E-state index >= 15 is 4.39 Å². The summed E-state index contributed by atoms with van der Waals surface area (Å²) in [6.07, 6.45) is 10.2. The largest absolute Gasteiger partial charge is 0.261 e. The molecule has 0 N–H and O–H groups in total. The molecule has 4 aromatic rings. The summed E-state index contributed by atoms with van der Waals surface area (Å²) in [4.78, 5) is 4.57. The first-order valence-electron chi connectivity index (χ1n) is 11.8. The fourth-order valence-corrected chi connectivity index (χ4v) is 4.21. The molecule has 35 heavy (non-hydrogen) atoms. The van der Waals surface area contributed by atoms with E-state index in [1.54, 1.807) is 12.1 Å². The van der Waals surface area contributed by atoms with Gasteiger partial charge >= 0.3 is 0 Å². The molecule has 0 radical (unpaired) electrons. The average Bonchev–Trinajstić information content (AvgIpc) is 2.86. The van der Waals surface area contributed by atoms with Crippen LogP contribution in [0, 0.1) is 23.3 Å². The zero-order valence-corrected chi connectivity index (χ0v) is 19.6. The fraction of sp³-hybridized carbons (Fsp3) is 0.233. The van der Waals surface area contributed by atoms with Crippen LogP contribution in [0.25, 0.3) is 10.8 Å². The second kappa shape index (κ2) is 11.3. The number of benzene rings is 3. The highest BCUT2D eigenvalue weighted by Gasteiger charge is 2.13. The van der Waals surface area contributed by atoms with E-state index in [0.717, 1.165) is 54.5 Å². The van der Waals surface area contributed by atoms with Gasteiger partial charge < -0.3 is 0 Å². The zero-order chi connectivity index (χ0) is 24.8.